The third-order valence-electron chi connectivity index (χ3n) is 4.25. The number of nitrogens with two attached hydrogens (primary N) is 1. The maximum Gasteiger partial charge on any atom is 0.137 e. The molecule has 100 valence electrons. The molecule has 1 fully saturated rings. The van der Waals surface area contributed by atoms with E-state index in [0.29, 0.717) is 6.54 Å². The van der Waals surface area contributed by atoms with E-state index >= 15 is 0 Å². The molecule has 0 aromatic heterocycles. The predicted molar refractivity (Wildman–Crippen MR) is 79.2 cm³/mol. The number of hydrogen-bond acceptors (Lipinski definition) is 2. The second-order valence-corrected chi connectivity index (χ2v) is 6.17. The Labute approximate surface area is 118 Å². The molecule has 2 N–H and O–H groups in total. The van der Waals surface area contributed by atoms with E-state index in [-0.39, 0.29) is 5.41 Å². The van der Waals surface area contributed by atoms with Gasteiger partial charge < -0.3 is 10.5 Å². The van der Waals surface area contributed by atoms with Crippen LogP contribution in [0.15, 0.2) is 16.6 Å². The zero-order valence-electron chi connectivity index (χ0n) is 11.3. The van der Waals surface area contributed by atoms with Gasteiger partial charge >= 0.3 is 0 Å². The van der Waals surface area contributed by atoms with Crippen molar-refractivity contribution in [3.8, 4) is 5.75 Å². The summed E-state index contributed by atoms with van der Waals surface area (Å²) in [6, 6.07) is 4.22. The topological polar surface area (TPSA) is 35.2 Å². The van der Waals surface area contributed by atoms with E-state index in [1.807, 2.05) is 0 Å². The lowest BCUT2D eigenvalue weighted by molar-refractivity contribution is 0.286. The summed E-state index contributed by atoms with van der Waals surface area (Å²) in [5.41, 5.74) is 8.87. The highest BCUT2D eigenvalue weighted by molar-refractivity contribution is 9.10. The lowest BCUT2D eigenvalue weighted by Gasteiger charge is -2.39. The minimum atomic E-state index is 0.109. The lowest BCUT2D eigenvalue weighted by Crippen LogP contribution is -2.38. The van der Waals surface area contributed by atoms with E-state index in [1.54, 1.807) is 7.11 Å². The Hall–Kier alpha value is -0.540. The number of hydrogen-bond donors (Lipinski definition) is 1. The summed E-state index contributed by atoms with van der Waals surface area (Å²) in [5, 5.41) is 0. The van der Waals surface area contributed by atoms with E-state index < -0.39 is 0 Å². The summed E-state index contributed by atoms with van der Waals surface area (Å²) in [7, 11) is 1.75. The van der Waals surface area contributed by atoms with Gasteiger partial charge in [0.2, 0.25) is 0 Å². The SMILES string of the molecule is COc1c(Br)ccc(C)c1C1(CN)CCCCC1. The first kappa shape index (κ1) is 13.9. The van der Waals surface area contributed by atoms with Crippen molar-refractivity contribution in [1.29, 1.82) is 0 Å². The largest absolute Gasteiger partial charge is 0.495 e. The Balaban J connectivity index is 2.56. The molecule has 0 unspecified atom stereocenters. The van der Waals surface area contributed by atoms with Gasteiger partial charge in [-0.05, 0) is 47.3 Å². The molecular formula is C15H22BrNO. The average molecular weight is 312 g/mol. The van der Waals surface area contributed by atoms with Crippen molar-refractivity contribution in [2.45, 2.75) is 44.4 Å². The molecule has 2 nitrogen and oxygen atoms in total. The molecule has 0 atom stereocenters. The van der Waals surface area contributed by atoms with E-state index in [4.69, 9.17) is 10.5 Å². The number of rotatable bonds is 3. The Morgan fingerprint density at radius 1 is 1.28 bits per heavy atom. The maximum absolute atomic E-state index is 6.14. The van der Waals surface area contributed by atoms with Crippen LogP contribution in [0.3, 0.4) is 0 Å². The van der Waals surface area contributed by atoms with Crippen LogP contribution in [0.25, 0.3) is 0 Å². The fraction of sp³-hybridized carbons (Fsp3) is 0.600. The van der Waals surface area contributed by atoms with E-state index in [1.165, 1.54) is 43.2 Å². The molecule has 2 rings (SSSR count). The number of benzene rings is 1. The van der Waals surface area contributed by atoms with Crippen molar-refractivity contribution in [1.82, 2.24) is 0 Å². The zero-order chi connectivity index (χ0) is 13.2. The molecule has 0 aliphatic heterocycles. The molecule has 0 heterocycles. The Kier molecular flexibility index (Phi) is 4.33. The first-order chi connectivity index (χ1) is 8.64. The van der Waals surface area contributed by atoms with Gasteiger partial charge in [0.05, 0.1) is 11.6 Å². The molecular weight excluding hydrogens is 290 g/mol. The van der Waals surface area contributed by atoms with Gasteiger partial charge in [-0.15, -0.1) is 0 Å². The van der Waals surface area contributed by atoms with Gasteiger partial charge in [-0.2, -0.15) is 0 Å². The highest BCUT2D eigenvalue weighted by Crippen LogP contribution is 2.46. The van der Waals surface area contributed by atoms with Crippen LogP contribution in [0.5, 0.6) is 5.75 Å². The highest BCUT2D eigenvalue weighted by atomic mass is 79.9. The number of ether oxygens (including phenoxy) is 1. The van der Waals surface area contributed by atoms with Crippen LogP contribution in [0.1, 0.15) is 43.2 Å². The summed E-state index contributed by atoms with van der Waals surface area (Å²) in [6.07, 6.45) is 6.23. The summed E-state index contributed by atoms with van der Waals surface area (Å²) in [6.45, 7) is 2.87. The van der Waals surface area contributed by atoms with E-state index in [2.05, 4.69) is 35.0 Å². The molecule has 1 aromatic carbocycles. The minimum Gasteiger partial charge on any atom is -0.495 e. The molecule has 3 heteroatoms. The van der Waals surface area contributed by atoms with Crippen LogP contribution < -0.4 is 10.5 Å². The van der Waals surface area contributed by atoms with E-state index in [0.717, 1.165) is 10.2 Å². The molecule has 1 aromatic rings. The van der Waals surface area contributed by atoms with Crippen LogP contribution in [-0.4, -0.2) is 13.7 Å². The molecule has 0 bridgehead atoms. The molecule has 1 aliphatic rings. The second-order valence-electron chi connectivity index (χ2n) is 5.32. The fourth-order valence-corrected chi connectivity index (χ4v) is 3.79. The first-order valence-electron chi connectivity index (χ1n) is 6.68. The Bertz CT molecular complexity index is 425. The molecule has 1 saturated carbocycles. The van der Waals surface area contributed by atoms with Gasteiger partial charge in [-0.3, -0.25) is 0 Å². The number of methoxy groups -OCH3 is 1. The standard InChI is InChI=1S/C15H22BrNO/c1-11-6-7-12(16)14(18-2)13(11)15(10-17)8-4-3-5-9-15/h6-7H,3-5,8-10,17H2,1-2H3. The van der Waals surface area contributed by atoms with Crippen LogP contribution in [-0.2, 0) is 5.41 Å². The van der Waals surface area contributed by atoms with Crippen LogP contribution in [0.4, 0.5) is 0 Å². The monoisotopic (exact) mass is 311 g/mol. The Morgan fingerprint density at radius 2 is 1.94 bits per heavy atom. The van der Waals surface area contributed by atoms with Crippen LogP contribution >= 0.6 is 15.9 Å². The zero-order valence-corrected chi connectivity index (χ0v) is 12.8. The van der Waals surface area contributed by atoms with Gasteiger partial charge in [0.15, 0.2) is 0 Å². The summed E-state index contributed by atoms with van der Waals surface area (Å²) in [5.74, 6) is 0.974. The fourth-order valence-electron chi connectivity index (χ4n) is 3.30. The van der Waals surface area contributed by atoms with Crippen molar-refractivity contribution in [3.05, 3.63) is 27.7 Å². The number of aryl methyl sites for hydroxylation is 1. The smallest absolute Gasteiger partial charge is 0.137 e. The third kappa shape index (κ3) is 2.30. The van der Waals surface area contributed by atoms with Crippen molar-refractivity contribution in [2.75, 3.05) is 13.7 Å². The highest BCUT2D eigenvalue weighted by Gasteiger charge is 2.36. The normalized spacial score (nSPS) is 18.7. The first-order valence-corrected chi connectivity index (χ1v) is 7.47. The molecule has 0 amide bonds. The van der Waals surface area contributed by atoms with Gasteiger partial charge in [-0.25, -0.2) is 0 Å². The van der Waals surface area contributed by atoms with Crippen molar-refractivity contribution in [2.24, 2.45) is 5.73 Å². The lowest BCUT2D eigenvalue weighted by atomic mass is 9.68. The van der Waals surface area contributed by atoms with Gasteiger partial charge in [-0.1, -0.05) is 25.3 Å². The van der Waals surface area contributed by atoms with Gasteiger partial charge in [0, 0.05) is 17.5 Å². The summed E-state index contributed by atoms with van der Waals surface area (Å²) >= 11 is 3.60. The Morgan fingerprint density at radius 3 is 2.50 bits per heavy atom. The van der Waals surface area contributed by atoms with Crippen LogP contribution in [0.2, 0.25) is 0 Å². The van der Waals surface area contributed by atoms with Gasteiger partial charge in [0.25, 0.3) is 0 Å². The predicted octanol–water partition coefficient (Wildman–Crippen LogP) is 3.93. The summed E-state index contributed by atoms with van der Waals surface area (Å²) < 4.78 is 6.67. The summed E-state index contributed by atoms with van der Waals surface area (Å²) in [4.78, 5) is 0. The molecule has 0 radical (unpaired) electrons. The molecule has 0 saturated heterocycles. The molecule has 18 heavy (non-hydrogen) atoms. The third-order valence-corrected chi connectivity index (χ3v) is 4.88. The van der Waals surface area contributed by atoms with Crippen LogP contribution in [0, 0.1) is 6.92 Å². The maximum atomic E-state index is 6.14. The van der Waals surface area contributed by atoms with Crippen molar-refractivity contribution < 1.29 is 4.74 Å². The van der Waals surface area contributed by atoms with Crippen molar-refractivity contribution >= 4 is 15.9 Å². The van der Waals surface area contributed by atoms with Gasteiger partial charge in [0.1, 0.15) is 5.75 Å². The minimum absolute atomic E-state index is 0.109. The second kappa shape index (κ2) is 5.62. The number of halogens is 1. The quantitative estimate of drug-likeness (QED) is 0.918. The van der Waals surface area contributed by atoms with E-state index in [9.17, 15) is 0 Å². The molecule has 1 aliphatic carbocycles. The molecule has 0 spiro atoms. The average Bonchev–Trinajstić information content (AvgIpc) is 2.41. The van der Waals surface area contributed by atoms with Crippen molar-refractivity contribution in [3.63, 3.8) is 0 Å².